The van der Waals surface area contributed by atoms with E-state index in [0.29, 0.717) is 18.8 Å². The summed E-state index contributed by atoms with van der Waals surface area (Å²) in [4.78, 5) is 14.8. The summed E-state index contributed by atoms with van der Waals surface area (Å²) >= 11 is 0. The van der Waals surface area contributed by atoms with Crippen molar-refractivity contribution in [2.45, 2.75) is 20.0 Å². The summed E-state index contributed by atoms with van der Waals surface area (Å²) in [7, 11) is 0. The number of carbonyl (C=O) groups is 1. The lowest BCUT2D eigenvalue weighted by atomic mass is 10.1. The van der Waals surface area contributed by atoms with E-state index in [1.54, 1.807) is 0 Å². The van der Waals surface area contributed by atoms with E-state index in [0.717, 1.165) is 33.5 Å². The summed E-state index contributed by atoms with van der Waals surface area (Å²) in [6.45, 7) is 3.06. The van der Waals surface area contributed by atoms with Crippen LogP contribution in [0.2, 0.25) is 0 Å². The Bertz CT molecular complexity index is 1480. The van der Waals surface area contributed by atoms with Gasteiger partial charge in [0.15, 0.2) is 6.61 Å². The van der Waals surface area contributed by atoms with E-state index in [9.17, 15) is 4.79 Å². The maximum atomic E-state index is 13.0. The molecule has 6 rings (SSSR count). The number of benzene rings is 3. The number of aromatic nitrogens is 3. The minimum atomic E-state index is -0.0495. The fourth-order valence-corrected chi connectivity index (χ4v) is 4.48. The van der Waals surface area contributed by atoms with Crippen molar-refractivity contribution in [3.63, 3.8) is 0 Å². The molecule has 0 bridgehead atoms. The van der Waals surface area contributed by atoms with Gasteiger partial charge in [-0.15, -0.1) is 0 Å². The number of hydrogen-bond acceptors (Lipinski definition) is 3. The third-order valence-electron chi connectivity index (χ3n) is 6.29. The Morgan fingerprint density at radius 1 is 0.912 bits per heavy atom. The van der Waals surface area contributed by atoms with Gasteiger partial charge in [0.05, 0.1) is 24.5 Å². The zero-order valence-corrected chi connectivity index (χ0v) is 18.9. The van der Waals surface area contributed by atoms with Crippen LogP contribution in [0.15, 0.2) is 91.3 Å². The molecule has 1 aliphatic rings. The first kappa shape index (κ1) is 20.3. The Kier molecular flexibility index (Phi) is 4.91. The second-order valence-electron chi connectivity index (χ2n) is 8.63. The van der Waals surface area contributed by atoms with Gasteiger partial charge in [0.1, 0.15) is 11.6 Å². The van der Waals surface area contributed by atoms with E-state index in [1.807, 2.05) is 70.5 Å². The quantitative estimate of drug-likeness (QED) is 0.378. The van der Waals surface area contributed by atoms with Gasteiger partial charge in [0.2, 0.25) is 0 Å². The zero-order valence-electron chi connectivity index (χ0n) is 18.9. The Hall–Kier alpha value is -4.32. The highest BCUT2D eigenvalue weighted by Gasteiger charge is 2.31. The first-order valence-electron chi connectivity index (χ1n) is 11.4. The number of aryl methyl sites for hydroxylation is 1. The Labute approximate surface area is 197 Å². The van der Waals surface area contributed by atoms with Crippen molar-refractivity contribution in [3.05, 3.63) is 108 Å². The van der Waals surface area contributed by atoms with Gasteiger partial charge in [-0.05, 0) is 54.1 Å². The SMILES string of the molecule is Cc1ccc(-n2nc3c(c2-n2cccc2)CN(C(=O)COc2ccc4ccccc4c2)C3)cc1. The molecule has 0 N–H and O–H groups in total. The van der Waals surface area contributed by atoms with Crippen molar-refractivity contribution in [1.82, 2.24) is 19.2 Å². The molecular weight excluding hydrogens is 424 g/mol. The summed E-state index contributed by atoms with van der Waals surface area (Å²) in [5.74, 6) is 1.61. The van der Waals surface area contributed by atoms with Gasteiger partial charge in [-0.3, -0.25) is 4.79 Å². The van der Waals surface area contributed by atoms with Crippen molar-refractivity contribution >= 4 is 16.7 Å². The van der Waals surface area contributed by atoms with E-state index >= 15 is 0 Å². The van der Waals surface area contributed by atoms with E-state index in [4.69, 9.17) is 9.84 Å². The van der Waals surface area contributed by atoms with E-state index in [2.05, 4.69) is 41.8 Å². The van der Waals surface area contributed by atoms with Crippen LogP contribution in [-0.2, 0) is 17.9 Å². The third-order valence-corrected chi connectivity index (χ3v) is 6.29. The van der Waals surface area contributed by atoms with Crippen molar-refractivity contribution < 1.29 is 9.53 Å². The van der Waals surface area contributed by atoms with Crippen molar-refractivity contribution in [3.8, 4) is 17.3 Å². The number of amides is 1. The average molecular weight is 449 g/mol. The molecule has 0 spiro atoms. The molecule has 0 atom stereocenters. The summed E-state index contributed by atoms with van der Waals surface area (Å²) < 4.78 is 9.88. The molecule has 6 heteroatoms. The number of ether oxygens (including phenoxy) is 1. The predicted molar refractivity (Wildman–Crippen MR) is 131 cm³/mol. The molecule has 6 nitrogen and oxygen atoms in total. The molecule has 0 saturated heterocycles. The summed E-state index contributed by atoms with van der Waals surface area (Å²) in [5, 5.41) is 7.13. The summed E-state index contributed by atoms with van der Waals surface area (Å²) in [6.07, 6.45) is 4.02. The minimum absolute atomic E-state index is 0.000566. The van der Waals surface area contributed by atoms with E-state index in [-0.39, 0.29) is 12.5 Å². The van der Waals surface area contributed by atoms with Gasteiger partial charge in [0, 0.05) is 18.0 Å². The molecule has 0 fully saturated rings. The van der Waals surface area contributed by atoms with Crippen molar-refractivity contribution in [2.75, 3.05) is 6.61 Å². The fourth-order valence-electron chi connectivity index (χ4n) is 4.48. The maximum Gasteiger partial charge on any atom is 0.261 e. The van der Waals surface area contributed by atoms with Gasteiger partial charge in [-0.1, -0.05) is 48.0 Å². The Balaban J connectivity index is 1.22. The average Bonchev–Trinajstić information content (AvgIpc) is 3.59. The Morgan fingerprint density at radius 3 is 2.47 bits per heavy atom. The highest BCUT2D eigenvalue weighted by Crippen LogP contribution is 2.31. The molecule has 5 aromatic rings. The molecule has 1 amide bonds. The van der Waals surface area contributed by atoms with Gasteiger partial charge in [-0.25, -0.2) is 4.68 Å². The Morgan fingerprint density at radius 2 is 1.68 bits per heavy atom. The molecule has 3 aromatic carbocycles. The first-order valence-corrected chi connectivity index (χ1v) is 11.4. The van der Waals surface area contributed by atoms with Crippen LogP contribution in [0.4, 0.5) is 0 Å². The highest BCUT2D eigenvalue weighted by molar-refractivity contribution is 5.84. The monoisotopic (exact) mass is 448 g/mol. The first-order chi connectivity index (χ1) is 16.7. The lowest BCUT2D eigenvalue weighted by molar-refractivity contribution is -0.134. The van der Waals surface area contributed by atoms with Crippen LogP contribution in [0.1, 0.15) is 16.8 Å². The minimum Gasteiger partial charge on any atom is -0.484 e. The fraction of sp³-hybridized carbons (Fsp3) is 0.143. The molecule has 0 saturated carbocycles. The van der Waals surface area contributed by atoms with Gasteiger partial charge < -0.3 is 14.2 Å². The number of fused-ring (bicyclic) bond motifs is 2. The van der Waals surface area contributed by atoms with Crippen LogP contribution in [0.25, 0.3) is 22.3 Å². The number of hydrogen-bond donors (Lipinski definition) is 0. The van der Waals surface area contributed by atoms with Gasteiger partial charge >= 0.3 is 0 Å². The maximum absolute atomic E-state index is 13.0. The molecule has 2 aromatic heterocycles. The molecule has 0 radical (unpaired) electrons. The molecule has 0 unspecified atom stereocenters. The van der Waals surface area contributed by atoms with Crippen LogP contribution in [0, 0.1) is 6.92 Å². The van der Waals surface area contributed by atoms with Crippen LogP contribution in [-0.4, -0.2) is 31.8 Å². The molecule has 168 valence electrons. The standard InChI is InChI=1S/C28H24N4O2/c1-20-8-11-23(12-9-20)32-28(30-14-4-5-15-30)25-17-31(18-26(25)29-32)27(33)19-34-24-13-10-21-6-2-3-7-22(21)16-24/h2-16H,17-19H2,1H3. The van der Waals surface area contributed by atoms with Crippen LogP contribution < -0.4 is 4.74 Å². The van der Waals surface area contributed by atoms with Crippen molar-refractivity contribution in [1.29, 1.82) is 0 Å². The summed E-state index contributed by atoms with van der Waals surface area (Å²) in [5.41, 5.74) is 4.19. The predicted octanol–water partition coefficient (Wildman–Crippen LogP) is 5.05. The summed E-state index contributed by atoms with van der Waals surface area (Å²) in [6, 6.07) is 26.3. The van der Waals surface area contributed by atoms with Crippen LogP contribution in [0.5, 0.6) is 5.75 Å². The van der Waals surface area contributed by atoms with Crippen LogP contribution in [0.3, 0.4) is 0 Å². The number of rotatable bonds is 5. The molecule has 0 aliphatic carbocycles. The molecule has 34 heavy (non-hydrogen) atoms. The van der Waals surface area contributed by atoms with Crippen molar-refractivity contribution in [2.24, 2.45) is 0 Å². The number of carbonyl (C=O) groups excluding carboxylic acids is 1. The topological polar surface area (TPSA) is 52.3 Å². The second kappa shape index (κ2) is 8.23. The highest BCUT2D eigenvalue weighted by atomic mass is 16.5. The van der Waals surface area contributed by atoms with Gasteiger partial charge in [0.25, 0.3) is 5.91 Å². The molecular formula is C28H24N4O2. The third kappa shape index (κ3) is 3.63. The molecule has 1 aliphatic heterocycles. The smallest absolute Gasteiger partial charge is 0.261 e. The lowest BCUT2D eigenvalue weighted by Crippen LogP contribution is -2.31. The zero-order chi connectivity index (χ0) is 23.1. The van der Waals surface area contributed by atoms with Crippen LogP contribution >= 0.6 is 0 Å². The lowest BCUT2D eigenvalue weighted by Gasteiger charge is -2.18. The second-order valence-corrected chi connectivity index (χ2v) is 8.63. The molecule has 3 heterocycles. The largest absolute Gasteiger partial charge is 0.484 e. The van der Waals surface area contributed by atoms with Gasteiger partial charge in [-0.2, -0.15) is 5.10 Å². The van der Waals surface area contributed by atoms with E-state index in [1.165, 1.54) is 5.56 Å². The van der Waals surface area contributed by atoms with E-state index < -0.39 is 0 Å². The number of nitrogens with zero attached hydrogens (tertiary/aromatic N) is 4. The normalized spacial score (nSPS) is 12.8.